The fourth-order valence-corrected chi connectivity index (χ4v) is 5.78. The van der Waals surface area contributed by atoms with Crippen molar-refractivity contribution >= 4 is 44.7 Å². The number of rotatable bonds is 3. The zero-order valence-corrected chi connectivity index (χ0v) is 15.6. The van der Waals surface area contributed by atoms with Gasteiger partial charge in [-0.3, -0.25) is 4.79 Å². The first kappa shape index (κ1) is 18.0. The average Bonchev–Trinajstić information content (AvgIpc) is 2.54. The molecule has 0 atom stereocenters. The van der Waals surface area contributed by atoms with Gasteiger partial charge in [0, 0.05) is 54.8 Å². The van der Waals surface area contributed by atoms with Crippen molar-refractivity contribution in [3.05, 3.63) is 28.2 Å². The van der Waals surface area contributed by atoms with Crippen molar-refractivity contribution < 1.29 is 13.2 Å². The zero-order valence-electron chi connectivity index (χ0n) is 13.2. The molecule has 132 valence electrons. The standard InChI is InChI=1S/C16H20Cl2N2O3S/c17-12-9-13(18)11-14(10-12)19-5-7-20(8-6-19)24(22,23)16-3-1-15(21)2-4-16/h9-11,16H,1-8H2. The first-order valence-electron chi connectivity index (χ1n) is 8.08. The van der Waals surface area contributed by atoms with Crippen LogP contribution in [-0.4, -0.2) is 49.9 Å². The molecule has 0 bridgehead atoms. The van der Waals surface area contributed by atoms with E-state index in [1.165, 1.54) is 0 Å². The van der Waals surface area contributed by atoms with Gasteiger partial charge in [0.25, 0.3) is 0 Å². The predicted octanol–water partition coefficient (Wildman–Crippen LogP) is 2.96. The van der Waals surface area contributed by atoms with E-state index in [0.717, 1.165) is 5.69 Å². The fraction of sp³-hybridized carbons (Fsp3) is 0.562. The van der Waals surface area contributed by atoms with Crippen LogP contribution in [0.3, 0.4) is 0 Å². The number of carbonyl (C=O) groups excluding carboxylic acids is 1. The van der Waals surface area contributed by atoms with Crippen LogP contribution >= 0.6 is 23.2 Å². The summed E-state index contributed by atoms with van der Waals surface area (Å²) in [5.74, 6) is 0.170. The van der Waals surface area contributed by atoms with Crippen LogP contribution in [0.2, 0.25) is 10.0 Å². The van der Waals surface area contributed by atoms with Gasteiger partial charge in [-0.1, -0.05) is 23.2 Å². The van der Waals surface area contributed by atoms with Crippen LogP contribution in [-0.2, 0) is 14.8 Å². The van der Waals surface area contributed by atoms with Gasteiger partial charge in [-0.2, -0.15) is 4.31 Å². The molecule has 1 aliphatic heterocycles. The number of Topliss-reactive ketones (excluding diaryl/α,β-unsaturated/α-hetero) is 1. The second kappa shape index (κ2) is 7.20. The van der Waals surface area contributed by atoms with Gasteiger partial charge in [-0.15, -0.1) is 0 Å². The summed E-state index contributed by atoms with van der Waals surface area (Å²) in [5, 5.41) is 0.723. The van der Waals surface area contributed by atoms with E-state index in [2.05, 4.69) is 4.90 Å². The summed E-state index contributed by atoms with van der Waals surface area (Å²) < 4.78 is 27.1. The Balaban J connectivity index is 1.65. The Morgan fingerprint density at radius 1 is 0.917 bits per heavy atom. The van der Waals surface area contributed by atoms with E-state index >= 15 is 0 Å². The monoisotopic (exact) mass is 390 g/mol. The largest absolute Gasteiger partial charge is 0.369 e. The Morgan fingerprint density at radius 2 is 1.46 bits per heavy atom. The van der Waals surface area contributed by atoms with Crippen molar-refractivity contribution in [2.75, 3.05) is 31.1 Å². The number of hydrogen-bond donors (Lipinski definition) is 0. The third-order valence-electron chi connectivity index (χ3n) is 4.72. The van der Waals surface area contributed by atoms with Crippen molar-refractivity contribution in [3.63, 3.8) is 0 Å². The molecule has 24 heavy (non-hydrogen) atoms. The number of ketones is 1. The molecule has 0 unspecified atom stereocenters. The molecule has 0 aromatic heterocycles. The second-order valence-corrected chi connectivity index (χ2v) is 9.38. The van der Waals surface area contributed by atoms with Crippen molar-refractivity contribution in [1.29, 1.82) is 0 Å². The summed E-state index contributed by atoms with van der Waals surface area (Å²) in [4.78, 5) is 13.4. The van der Waals surface area contributed by atoms with Crippen LogP contribution < -0.4 is 4.90 Å². The maximum Gasteiger partial charge on any atom is 0.217 e. The molecule has 0 N–H and O–H groups in total. The van der Waals surface area contributed by atoms with E-state index in [1.54, 1.807) is 10.4 Å². The molecule has 1 saturated heterocycles. The highest BCUT2D eigenvalue weighted by atomic mass is 35.5. The van der Waals surface area contributed by atoms with Crippen LogP contribution in [0.25, 0.3) is 0 Å². The van der Waals surface area contributed by atoms with Gasteiger partial charge < -0.3 is 4.90 Å². The van der Waals surface area contributed by atoms with E-state index < -0.39 is 15.3 Å². The van der Waals surface area contributed by atoms with Gasteiger partial charge in [0.05, 0.1) is 5.25 Å². The van der Waals surface area contributed by atoms with E-state index in [-0.39, 0.29) is 5.78 Å². The Kier molecular flexibility index (Phi) is 5.39. The highest BCUT2D eigenvalue weighted by Gasteiger charge is 2.36. The van der Waals surface area contributed by atoms with Crippen molar-refractivity contribution in [2.45, 2.75) is 30.9 Å². The molecule has 0 spiro atoms. The quantitative estimate of drug-likeness (QED) is 0.795. The molecule has 1 saturated carbocycles. The smallest absolute Gasteiger partial charge is 0.217 e. The topological polar surface area (TPSA) is 57.7 Å². The summed E-state index contributed by atoms with van der Waals surface area (Å²) in [6.07, 6.45) is 1.66. The highest BCUT2D eigenvalue weighted by Crippen LogP contribution is 2.28. The Bertz CT molecular complexity index is 701. The third-order valence-corrected chi connectivity index (χ3v) is 7.56. The summed E-state index contributed by atoms with van der Waals surface area (Å²) in [6.45, 7) is 2.08. The lowest BCUT2D eigenvalue weighted by Gasteiger charge is -2.37. The minimum atomic E-state index is -3.33. The number of nitrogens with zero attached hydrogens (tertiary/aromatic N) is 2. The molecule has 2 fully saturated rings. The molecule has 1 heterocycles. The number of benzene rings is 1. The minimum Gasteiger partial charge on any atom is -0.369 e. The SMILES string of the molecule is O=C1CCC(S(=O)(=O)N2CCN(c3cc(Cl)cc(Cl)c3)CC2)CC1. The normalized spacial score (nSPS) is 21.2. The number of halogens is 2. The Morgan fingerprint density at radius 3 is 2.00 bits per heavy atom. The molecule has 8 heteroatoms. The molecule has 2 aliphatic rings. The lowest BCUT2D eigenvalue weighted by atomic mass is 9.99. The first-order chi connectivity index (χ1) is 11.4. The first-order valence-corrected chi connectivity index (χ1v) is 10.3. The van der Waals surface area contributed by atoms with Gasteiger partial charge in [-0.05, 0) is 31.0 Å². The van der Waals surface area contributed by atoms with Crippen molar-refractivity contribution in [3.8, 4) is 0 Å². The molecule has 1 aromatic carbocycles. The number of carbonyl (C=O) groups is 1. The summed E-state index contributed by atoms with van der Waals surface area (Å²) in [6, 6.07) is 5.35. The predicted molar refractivity (Wildman–Crippen MR) is 96.4 cm³/mol. The van der Waals surface area contributed by atoms with E-state index in [9.17, 15) is 13.2 Å². The molecule has 0 radical (unpaired) electrons. The van der Waals surface area contributed by atoms with E-state index in [1.807, 2.05) is 12.1 Å². The minimum absolute atomic E-state index is 0.170. The Labute approximate surface area is 152 Å². The number of piperazine rings is 1. The molecule has 3 rings (SSSR count). The molecule has 1 aliphatic carbocycles. The van der Waals surface area contributed by atoms with Gasteiger partial charge >= 0.3 is 0 Å². The van der Waals surface area contributed by atoms with E-state index in [4.69, 9.17) is 23.2 Å². The van der Waals surface area contributed by atoms with Crippen LogP contribution in [0, 0.1) is 0 Å². The fourth-order valence-electron chi connectivity index (χ4n) is 3.34. The summed E-state index contributed by atoms with van der Waals surface area (Å²) in [5.41, 5.74) is 0.910. The second-order valence-electron chi connectivity index (χ2n) is 6.30. The number of anilines is 1. The molecular weight excluding hydrogens is 371 g/mol. The maximum absolute atomic E-state index is 12.8. The number of hydrogen-bond acceptors (Lipinski definition) is 4. The maximum atomic E-state index is 12.8. The Hall–Kier alpha value is -0.820. The van der Waals surface area contributed by atoms with Crippen molar-refractivity contribution in [1.82, 2.24) is 4.31 Å². The third kappa shape index (κ3) is 3.87. The highest BCUT2D eigenvalue weighted by molar-refractivity contribution is 7.89. The summed E-state index contributed by atoms with van der Waals surface area (Å²) in [7, 11) is -3.33. The van der Waals surface area contributed by atoms with E-state index in [0.29, 0.717) is 61.9 Å². The van der Waals surface area contributed by atoms with Crippen LogP contribution in [0.15, 0.2) is 18.2 Å². The van der Waals surface area contributed by atoms with Gasteiger partial charge in [0.1, 0.15) is 5.78 Å². The van der Waals surface area contributed by atoms with Gasteiger partial charge in [0.15, 0.2) is 0 Å². The molecule has 1 aromatic rings. The lowest BCUT2D eigenvalue weighted by molar-refractivity contribution is -0.120. The average molecular weight is 391 g/mol. The van der Waals surface area contributed by atoms with Crippen LogP contribution in [0.5, 0.6) is 0 Å². The molecule has 5 nitrogen and oxygen atoms in total. The molecular formula is C16H20Cl2N2O3S. The van der Waals surface area contributed by atoms with Crippen LogP contribution in [0.4, 0.5) is 5.69 Å². The van der Waals surface area contributed by atoms with Gasteiger partial charge in [0.2, 0.25) is 10.0 Å². The van der Waals surface area contributed by atoms with Crippen LogP contribution in [0.1, 0.15) is 25.7 Å². The number of sulfonamides is 1. The lowest BCUT2D eigenvalue weighted by Crippen LogP contribution is -2.51. The van der Waals surface area contributed by atoms with Crippen molar-refractivity contribution in [2.24, 2.45) is 0 Å². The zero-order chi connectivity index (χ0) is 17.3. The van der Waals surface area contributed by atoms with Gasteiger partial charge in [-0.25, -0.2) is 8.42 Å². The molecule has 0 amide bonds. The summed E-state index contributed by atoms with van der Waals surface area (Å²) >= 11 is 12.1.